The number of hydrogen-bond acceptors (Lipinski definition) is 9. The zero-order valence-electron chi connectivity index (χ0n) is 30.1. The summed E-state index contributed by atoms with van der Waals surface area (Å²) >= 11 is 0. The zero-order valence-corrected chi connectivity index (χ0v) is 30.1. The second-order valence-corrected chi connectivity index (χ2v) is 13.6. The first-order chi connectivity index (χ1) is 25.4. The molecule has 2 saturated heterocycles. The van der Waals surface area contributed by atoms with Crippen molar-refractivity contribution < 1.29 is 18.3 Å². The van der Waals surface area contributed by atoms with E-state index in [2.05, 4.69) is 63.8 Å². The molecule has 0 aliphatic carbocycles. The predicted molar refractivity (Wildman–Crippen MR) is 201 cm³/mol. The lowest BCUT2D eigenvalue weighted by Gasteiger charge is -2.31. The number of halogens is 1. The van der Waals surface area contributed by atoms with E-state index in [9.17, 15) is 4.79 Å². The third kappa shape index (κ3) is 8.09. The van der Waals surface area contributed by atoms with Gasteiger partial charge in [-0.25, -0.2) is 19.0 Å². The maximum absolute atomic E-state index is 15.1. The van der Waals surface area contributed by atoms with E-state index in [-0.39, 0.29) is 30.0 Å². The van der Waals surface area contributed by atoms with Crippen LogP contribution >= 0.6 is 0 Å². The van der Waals surface area contributed by atoms with Crippen molar-refractivity contribution in [1.82, 2.24) is 35.3 Å². The quantitative estimate of drug-likeness (QED) is 0.137. The number of nitrogens with zero attached hydrogens (tertiary/aromatic N) is 5. The SMILES string of the molecule is CCc1nc2c(cnn2CC)c(NC2CCOCC2)c1/C=C\c1nc(C(=O)NCc2ccc(F)c(-c3cccc(CN4CCN[C@@H](C)C4)c3)c2)co1. The average molecular weight is 707 g/mol. The molecule has 3 aromatic heterocycles. The molecule has 2 aromatic carbocycles. The number of oxazole rings is 1. The summed E-state index contributed by atoms with van der Waals surface area (Å²) in [7, 11) is 0. The minimum Gasteiger partial charge on any atom is -0.444 e. The number of amides is 1. The van der Waals surface area contributed by atoms with Gasteiger partial charge in [0.1, 0.15) is 12.1 Å². The van der Waals surface area contributed by atoms with Crippen LogP contribution in [0.3, 0.4) is 0 Å². The van der Waals surface area contributed by atoms with Crippen LogP contribution in [0.15, 0.2) is 59.3 Å². The largest absolute Gasteiger partial charge is 0.444 e. The Kier molecular flexibility index (Phi) is 11.0. The average Bonchev–Trinajstić information content (AvgIpc) is 3.81. The van der Waals surface area contributed by atoms with E-state index in [0.717, 1.165) is 110 Å². The number of ether oxygens (including phenoxy) is 1. The lowest BCUT2D eigenvalue weighted by Crippen LogP contribution is -2.48. The van der Waals surface area contributed by atoms with Crippen molar-refractivity contribution in [2.75, 3.05) is 38.2 Å². The molecule has 3 N–H and O–H groups in total. The summed E-state index contributed by atoms with van der Waals surface area (Å²) in [4.78, 5) is 25.0. The minimum atomic E-state index is -0.382. The van der Waals surface area contributed by atoms with Crippen LogP contribution in [0, 0.1) is 5.82 Å². The lowest BCUT2D eigenvalue weighted by atomic mass is 10.00. The summed E-state index contributed by atoms with van der Waals surface area (Å²) in [6, 6.07) is 13.7. The van der Waals surface area contributed by atoms with Crippen molar-refractivity contribution in [3.63, 3.8) is 0 Å². The van der Waals surface area contributed by atoms with Crippen LogP contribution in [0.1, 0.15) is 72.4 Å². The van der Waals surface area contributed by atoms with Crippen molar-refractivity contribution >= 4 is 34.8 Å². The molecule has 2 aliphatic heterocycles. The van der Waals surface area contributed by atoms with Crippen LogP contribution in [0.4, 0.5) is 10.1 Å². The van der Waals surface area contributed by atoms with E-state index >= 15 is 4.39 Å². The molecule has 1 amide bonds. The van der Waals surface area contributed by atoms with Gasteiger partial charge in [0.15, 0.2) is 11.3 Å². The zero-order chi connectivity index (χ0) is 36.0. The Morgan fingerprint density at radius 3 is 2.77 bits per heavy atom. The first-order valence-electron chi connectivity index (χ1n) is 18.4. The summed E-state index contributed by atoms with van der Waals surface area (Å²) in [5, 5.41) is 15.7. The summed E-state index contributed by atoms with van der Waals surface area (Å²) in [5.41, 5.74) is 7.09. The summed E-state index contributed by atoms with van der Waals surface area (Å²) in [5.74, 6) is -0.387. The molecule has 0 bridgehead atoms. The molecule has 1 atom stereocenters. The number of carbonyl (C=O) groups is 1. The molecular weight excluding hydrogens is 659 g/mol. The van der Waals surface area contributed by atoms with Crippen LogP contribution in [0.5, 0.6) is 0 Å². The van der Waals surface area contributed by atoms with E-state index in [4.69, 9.17) is 14.1 Å². The molecule has 11 nitrogen and oxygen atoms in total. The number of nitrogens with one attached hydrogen (secondary N) is 3. The van der Waals surface area contributed by atoms with Gasteiger partial charge in [-0.15, -0.1) is 0 Å². The Bertz CT molecular complexity index is 2050. The van der Waals surface area contributed by atoms with Crippen LogP contribution in [-0.2, 0) is 30.8 Å². The Hall–Kier alpha value is -4.91. The van der Waals surface area contributed by atoms with Crippen molar-refractivity contribution in [2.45, 2.75) is 71.8 Å². The number of piperazine rings is 1. The van der Waals surface area contributed by atoms with Gasteiger partial charge in [-0.1, -0.05) is 31.2 Å². The van der Waals surface area contributed by atoms with Gasteiger partial charge in [-0.05, 0) is 74.1 Å². The highest BCUT2D eigenvalue weighted by Crippen LogP contribution is 2.33. The van der Waals surface area contributed by atoms with E-state index in [1.807, 2.05) is 29.1 Å². The third-order valence-corrected chi connectivity index (χ3v) is 9.83. The third-order valence-electron chi connectivity index (χ3n) is 9.83. The monoisotopic (exact) mass is 706 g/mol. The molecule has 52 heavy (non-hydrogen) atoms. The number of pyridine rings is 1. The number of fused-ring (bicyclic) bond motifs is 1. The fourth-order valence-electron chi connectivity index (χ4n) is 7.08. The molecule has 272 valence electrons. The number of aryl methyl sites for hydroxylation is 2. The smallest absolute Gasteiger partial charge is 0.273 e. The van der Waals surface area contributed by atoms with E-state index < -0.39 is 0 Å². The van der Waals surface area contributed by atoms with Gasteiger partial charge >= 0.3 is 0 Å². The van der Waals surface area contributed by atoms with Crippen molar-refractivity contribution in [3.05, 3.63) is 94.7 Å². The van der Waals surface area contributed by atoms with Gasteiger partial charge in [0.05, 0.1) is 23.0 Å². The fraction of sp³-hybridized carbons (Fsp3) is 0.400. The molecular formula is C40H47FN8O3. The second-order valence-electron chi connectivity index (χ2n) is 13.6. The highest BCUT2D eigenvalue weighted by molar-refractivity contribution is 5.96. The molecule has 0 saturated carbocycles. The van der Waals surface area contributed by atoms with Crippen LogP contribution < -0.4 is 16.0 Å². The predicted octanol–water partition coefficient (Wildman–Crippen LogP) is 6.29. The Morgan fingerprint density at radius 1 is 1.10 bits per heavy atom. The van der Waals surface area contributed by atoms with E-state index in [1.54, 1.807) is 18.2 Å². The van der Waals surface area contributed by atoms with Crippen molar-refractivity contribution in [3.8, 4) is 11.1 Å². The summed E-state index contributed by atoms with van der Waals surface area (Å²) in [6.07, 6.45) is 9.48. The van der Waals surface area contributed by atoms with Crippen molar-refractivity contribution in [2.24, 2.45) is 0 Å². The summed E-state index contributed by atoms with van der Waals surface area (Å²) < 4.78 is 28.3. The van der Waals surface area contributed by atoms with Gasteiger partial charge < -0.3 is 25.1 Å². The Morgan fingerprint density at radius 2 is 1.96 bits per heavy atom. The van der Waals surface area contributed by atoms with Crippen molar-refractivity contribution in [1.29, 1.82) is 0 Å². The molecule has 2 aliphatic rings. The molecule has 0 unspecified atom stereocenters. The maximum atomic E-state index is 15.1. The number of anilines is 1. The molecule has 5 heterocycles. The normalized spacial score (nSPS) is 17.3. The first kappa shape index (κ1) is 35.5. The van der Waals surface area contributed by atoms with Crippen LogP contribution in [0.25, 0.3) is 34.3 Å². The molecule has 12 heteroatoms. The first-order valence-corrected chi connectivity index (χ1v) is 18.4. The number of rotatable bonds is 12. The highest BCUT2D eigenvalue weighted by atomic mass is 19.1. The summed E-state index contributed by atoms with van der Waals surface area (Å²) in [6.45, 7) is 12.4. The van der Waals surface area contributed by atoms with Gasteiger partial charge in [-0.2, -0.15) is 5.10 Å². The highest BCUT2D eigenvalue weighted by Gasteiger charge is 2.21. The van der Waals surface area contributed by atoms with Gasteiger partial charge in [0, 0.05) is 81.8 Å². The maximum Gasteiger partial charge on any atom is 0.273 e. The second kappa shape index (κ2) is 16.2. The molecule has 0 radical (unpaired) electrons. The molecule has 0 spiro atoms. The molecule has 2 fully saturated rings. The van der Waals surface area contributed by atoms with E-state index in [1.165, 1.54) is 12.3 Å². The lowest BCUT2D eigenvalue weighted by molar-refractivity contribution is 0.0904. The fourth-order valence-corrected chi connectivity index (χ4v) is 7.08. The van der Waals surface area contributed by atoms with E-state index in [0.29, 0.717) is 17.5 Å². The van der Waals surface area contributed by atoms with Crippen LogP contribution in [-0.4, -0.2) is 75.5 Å². The molecule has 7 rings (SSSR count). The Labute approximate surface area is 303 Å². The number of hydrogen-bond donors (Lipinski definition) is 3. The Balaban J connectivity index is 1.04. The van der Waals surface area contributed by atoms with Gasteiger partial charge in [-0.3, -0.25) is 9.69 Å². The molecule has 5 aromatic rings. The number of aromatic nitrogens is 4. The minimum absolute atomic E-state index is 0.158. The topological polar surface area (TPSA) is 122 Å². The number of carbonyl (C=O) groups excluding carboxylic acids is 1. The standard InChI is InChI=1S/C40H47FN8O3/c1-4-35-31(38(45-30-13-17-51-18-14-30)33-22-44-49(5-2)39(33)47-35)10-12-37-46-36(25-52-37)40(50)43-21-27-9-11-34(41)32(20-27)29-8-6-7-28(19-29)24-48-16-15-42-26(3)23-48/h6-12,19-20,22,25-26,30,42H,4-5,13-18,21,23-24H2,1-3H3,(H,43,50)(H,45,47)/b12-10-/t26-/m0/s1. The number of benzene rings is 2. The van der Waals surface area contributed by atoms with Gasteiger partial charge in [0.25, 0.3) is 5.91 Å². The van der Waals surface area contributed by atoms with Crippen LogP contribution in [0.2, 0.25) is 0 Å². The van der Waals surface area contributed by atoms with Gasteiger partial charge in [0.2, 0.25) is 5.89 Å².